The molecule has 4 fully saturated rings. The summed E-state index contributed by atoms with van der Waals surface area (Å²) in [5, 5.41) is 18.3. The van der Waals surface area contributed by atoms with Crippen molar-refractivity contribution in [3.8, 4) is 0 Å². The Balaban J connectivity index is 0.000000314. The monoisotopic (exact) mass is 1420 g/mol. The number of Topliss-reactive ketones (excluding diaryl/α,β-unsaturated/α-hetero) is 1. The minimum atomic E-state index is -3.05. The Kier molecular flexibility index (Phi) is 27.6. The summed E-state index contributed by atoms with van der Waals surface area (Å²) in [6.45, 7) is 45.2. The van der Waals surface area contributed by atoms with Crippen molar-refractivity contribution in [1.29, 1.82) is 0 Å². The van der Waals surface area contributed by atoms with Crippen LogP contribution in [0.15, 0.2) is 111 Å². The van der Waals surface area contributed by atoms with Gasteiger partial charge in [0.25, 0.3) is 11.8 Å². The van der Waals surface area contributed by atoms with E-state index in [1.807, 2.05) is 12.1 Å². The third-order valence-corrected chi connectivity index (χ3v) is 38.1. The van der Waals surface area contributed by atoms with Crippen molar-refractivity contribution in [2.45, 2.75) is 211 Å². The number of hydrogen-bond acceptors (Lipinski definition) is 18. The second-order valence-corrected chi connectivity index (χ2v) is 43.7. The molecule has 4 aromatic heterocycles. The molecule has 93 heavy (non-hydrogen) atoms. The molecular formula is C65H97BrMgN10O12Si4. The Morgan fingerprint density at radius 2 is 1.00 bits per heavy atom. The van der Waals surface area contributed by atoms with E-state index in [2.05, 4.69) is 171 Å². The van der Waals surface area contributed by atoms with Crippen LogP contribution < -0.4 is 27.6 Å². The molecule has 8 heterocycles. The second-order valence-electron chi connectivity index (χ2n) is 26.0. The number of ether oxygens (including phenoxy) is 2. The molecule has 0 unspecified atom stereocenters. The molecule has 28 heteroatoms. The predicted octanol–water partition coefficient (Wildman–Crippen LogP) is 10.0. The van der Waals surface area contributed by atoms with Crippen LogP contribution in [0.25, 0.3) is 22.3 Å². The number of aliphatic hydroxyl groups is 1. The maximum Gasteiger partial charge on any atom is 2.00 e. The summed E-state index contributed by atoms with van der Waals surface area (Å²) >= 11 is 0. The average molecular weight is 1430 g/mol. The number of fused-ring (bicyclic) bond motifs is 4. The Morgan fingerprint density at radius 3 is 1.41 bits per heavy atom. The van der Waals surface area contributed by atoms with Gasteiger partial charge in [-0.1, -0.05) is 161 Å². The van der Waals surface area contributed by atoms with Crippen molar-refractivity contribution in [1.82, 2.24) is 39.0 Å². The van der Waals surface area contributed by atoms with Gasteiger partial charge in [0.15, 0.2) is 46.4 Å². The van der Waals surface area contributed by atoms with Gasteiger partial charge in [-0.25, -0.2) is 49.5 Å². The quantitative estimate of drug-likeness (QED) is 0.0462. The Labute approximate surface area is 580 Å². The van der Waals surface area contributed by atoms with E-state index in [1.54, 1.807) is 70.1 Å². The molecule has 504 valence electrons. The van der Waals surface area contributed by atoms with Gasteiger partial charge in [0, 0.05) is 17.5 Å². The van der Waals surface area contributed by atoms with Gasteiger partial charge in [-0.3, -0.25) is 23.5 Å². The molecular weight excluding hydrogens is 1330 g/mol. The smallest absolute Gasteiger partial charge is 1.00 e. The summed E-state index contributed by atoms with van der Waals surface area (Å²) in [7, 11) is -11.6. The van der Waals surface area contributed by atoms with Gasteiger partial charge in [-0.05, 0) is 68.6 Å². The number of rotatable bonds is 16. The standard InChI is InChI=1S/C32H47N5O6Si2.C29H41N5O6Si2.C3H5.CH4.BrH.Mg/c1-10-16-32(39)27-25(17-40-44(20(2)3,21(4)5)43-45(42-27,22(6)7)23(8)9)41-31(32)37-19-35-26-28(33-18-34-29(26)37)36-30(38)24-14-12-11-13-15-24;1-17(2)41(18(3)4)37-14-22-25(39-42(40-41,19(5)6)20(7)8)24(35)29(38-22)34-16-32-23-26(30-15-31-27(23)34)33-28(36)21-12-10-9-11-13-21;1-3-2;;;/h10-15,18-23,25,27,31,39H,1,16-17H2,2-9H3,(H,33,34,36,38);9-13,15-20,22,25,29H,14H2,1-8H3,(H,30,31,33,36);3H,1-2H2;1H4;1H;/q;;-1;;;+2/p-1/t25-,27-,31-,32+;22-,25-,29-;;;;/m11..../s1. The number of benzene rings is 2. The first-order valence-electron chi connectivity index (χ1n) is 31.3. The van der Waals surface area contributed by atoms with Crippen LogP contribution >= 0.6 is 0 Å². The van der Waals surface area contributed by atoms with E-state index < -0.39 is 76.7 Å². The summed E-state index contributed by atoms with van der Waals surface area (Å²) in [5.74, 6) is -0.378. The zero-order valence-corrected chi connectivity index (χ0v) is 63.2. The summed E-state index contributed by atoms with van der Waals surface area (Å²) in [6.07, 6.45) is 4.31. The zero-order valence-electron chi connectivity index (χ0n) is 56.2. The largest absolute Gasteiger partial charge is 2.00 e. The fourth-order valence-electron chi connectivity index (χ4n) is 13.0. The second kappa shape index (κ2) is 32.5. The van der Waals surface area contributed by atoms with Gasteiger partial charge >= 0.3 is 57.3 Å². The molecule has 7 atom stereocenters. The summed E-state index contributed by atoms with van der Waals surface area (Å²) < 4.78 is 58.8. The number of nitrogens with zero attached hydrogens (tertiary/aromatic N) is 8. The molecule has 2 aromatic carbocycles. The summed E-state index contributed by atoms with van der Waals surface area (Å²) in [6, 6.07) is 17.7. The molecule has 22 nitrogen and oxygen atoms in total. The maximum atomic E-state index is 14.1. The molecule has 3 N–H and O–H groups in total. The number of halogens is 1. The molecule has 0 aliphatic carbocycles. The molecule has 0 spiro atoms. The predicted molar refractivity (Wildman–Crippen MR) is 368 cm³/mol. The van der Waals surface area contributed by atoms with Crippen molar-refractivity contribution in [3.05, 3.63) is 129 Å². The van der Waals surface area contributed by atoms with Gasteiger partial charge in [0.1, 0.15) is 42.7 Å². The normalized spacial score (nSPS) is 23.6. The molecule has 0 bridgehead atoms. The van der Waals surface area contributed by atoms with E-state index in [1.165, 1.54) is 25.1 Å². The molecule has 0 radical (unpaired) electrons. The first-order valence-corrected chi connectivity index (χ1v) is 39.2. The number of hydrogen-bond donors (Lipinski definition) is 3. The molecule has 2 amide bonds. The van der Waals surface area contributed by atoms with Crippen molar-refractivity contribution in [2.24, 2.45) is 0 Å². The van der Waals surface area contributed by atoms with E-state index in [4.69, 9.17) is 35.4 Å². The molecule has 4 aliphatic rings. The van der Waals surface area contributed by atoms with Gasteiger partial charge in [-0.15, -0.1) is 6.58 Å². The third-order valence-electron chi connectivity index (χ3n) is 17.6. The average Bonchev–Trinajstić information content (AvgIpc) is 1.65. The number of ketones is 1. The molecule has 10 rings (SSSR count). The van der Waals surface area contributed by atoms with E-state index in [9.17, 15) is 19.5 Å². The maximum absolute atomic E-state index is 14.1. The number of allylic oxidation sites excluding steroid dienone is 1. The molecule has 0 saturated carbocycles. The van der Waals surface area contributed by atoms with Gasteiger partial charge in [0.2, 0.25) is 5.78 Å². The number of amides is 2. The SMILES string of the molecule is C.C=CC[C@]1(O)[C@@H]2O[Si](C(C)C)(C(C)C)O[Si](C(C)C)(C(C)C)OC[C@H]2O[C@H]1n1cnc2c(NC(=O)c3ccccc3)ncnc21.C=C[CH2-].CC(C)[Si]1(C(C)C)OC[C@H]2O[C@@H](n3cnc4c(NC(=O)c5ccccc5)ncnc43)C(=O)[C@@H]2O[Si](C(C)C)(C(C)C)O1.[Br-].[Mg+2]. The van der Waals surface area contributed by atoms with Gasteiger partial charge in [-0.2, -0.15) is 0 Å². The molecule has 6 aromatic rings. The first-order chi connectivity index (χ1) is 42.6. The number of carbonyl (C=O) groups excluding carboxylic acids is 3. The van der Waals surface area contributed by atoms with Crippen LogP contribution in [0.3, 0.4) is 0 Å². The van der Waals surface area contributed by atoms with Crippen LogP contribution in [0.4, 0.5) is 11.6 Å². The minimum absolute atomic E-state index is 0. The summed E-state index contributed by atoms with van der Waals surface area (Å²) in [4.78, 5) is 66.3. The fraction of sp³-hybridized carbons (Fsp3) is 0.538. The third kappa shape index (κ3) is 15.4. The van der Waals surface area contributed by atoms with E-state index in [0.717, 1.165) is 0 Å². The minimum Gasteiger partial charge on any atom is -1.00 e. The number of carbonyl (C=O) groups is 3. The van der Waals surface area contributed by atoms with Crippen LogP contribution in [-0.2, 0) is 40.2 Å². The molecule has 4 saturated heterocycles. The van der Waals surface area contributed by atoms with E-state index in [0.29, 0.717) is 33.5 Å². The van der Waals surface area contributed by atoms with Crippen molar-refractivity contribution < 1.29 is 71.9 Å². The first kappa shape index (κ1) is 78.9. The van der Waals surface area contributed by atoms with Crippen molar-refractivity contribution in [2.75, 3.05) is 23.8 Å². The van der Waals surface area contributed by atoms with Crippen LogP contribution in [0, 0.1) is 6.92 Å². The zero-order chi connectivity index (χ0) is 65.8. The van der Waals surface area contributed by atoms with Gasteiger partial charge < -0.3 is 68.1 Å². The number of anilines is 2. The topological polar surface area (TPSA) is 257 Å². The summed E-state index contributed by atoms with van der Waals surface area (Å²) in [5.41, 5.74) is 1.91. The fourth-order valence-corrected chi connectivity index (χ4v) is 35.4. The Bertz CT molecular complexity index is 3450. The number of nitrogens with one attached hydrogen (secondary N) is 2. The van der Waals surface area contributed by atoms with Crippen molar-refractivity contribution in [3.63, 3.8) is 0 Å². The van der Waals surface area contributed by atoms with Crippen molar-refractivity contribution >= 4 is 109 Å². The van der Waals surface area contributed by atoms with Crippen LogP contribution in [0.5, 0.6) is 0 Å². The Morgan fingerprint density at radius 1 is 0.613 bits per heavy atom. The Hall–Kier alpha value is -4.75. The molecule has 4 aliphatic heterocycles. The van der Waals surface area contributed by atoms with Crippen LogP contribution in [-0.4, -0.2) is 162 Å². The van der Waals surface area contributed by atoms with E-state index >= 15 is 0 Å². The van der Waals surface area contributed by atoms with E-state index in [-0.39, 0.29) is 141 Å². The number of aromatic nitrogens is 8. The number of imidazole rings is 2. The van der Waals surface area contributed by atoms with Gasteiger partial charge in [0.05, 0.1) is 25.9 Å². The van der Waals surface area contributed by atoms with Crippen LogP contribution in [0.2, 0.25) is 44.3 Å². The van der Waals surface area contributed by atoms with Crippen LogP contribution in [0.1, 0.15) is 158 Å².